The van der Waals surface area contributed by atoms with E-state index >= 15 is 0 Å². The van der Waals surface area contributed by atoms with Gasteiger partial charge in [-0.3, -0.25) is 13.5 Å². The van der Waals surface area contributed by atoms with Crippen molar-refractivity contribution in [1.29, 1.82) is 0 Å². The average Bonchev–Trinajstić information content (AvgIpc) is 2.90. The zero-order chi connectivity index (χ0) is 16.9. The van der Waals surface area contributed by atoms with Crippen LogP contribution in [0.25, 0.3) is 10.1 Å². The largest absolute Gasteiger partial charge is 0.352 e. The summed E-state index contributed by atoms with van der Waals surface area (Å²) < 4.78 is 3.71. The molecule has 0 radical (unpaired) electrons. The highest BCUT2D eigenvalue weighted by atomic mass is 79.9. The molecule has 3 aromatic rings. The lowest BCUT2D eigenvalue weighted by molar-refractivity contribution is -0.121. The van der Waals surface area contributed by atoms with Crippen LogP contribution < -0.4 is 10.9 Å². The van der Waals surface area contributed by atoms with Crippen molar-refractivity contribution in [2.75, 3.05) is 0 Å². The molecule has 1 aromatic heterocycles. The summed E-state index contributed by atoms with van der Waals surface area (Å²) in [6.45, 7) is 1.09. The first-order chi connectivity index (χ1) is 11.6. The van der Waals surface area contributed by atoms with Crippen LogP contribution in [0.4, 0.5) is 0 Å². The molecule has 0 saturated heterocycles. The van der Waals surface area contributed by atoms with Gasteiger partial charge in [0.05, 0.1) is 10.1 Å². The molecule has 0 aliphatic rings. The van der Waals surface area contributed by atoms with Gasteiger partial charge in [-0.15, -0.1) is 0 Å². The van der Waals surface area contributed by atoms with Gasteiger partial charge in [0, 0.05) is 24.0 Å². The van der Waals surface area contributed by atoms with E-state index in [1.54, 1.807) is 3.96 Å². The predicted molar refractivity (Wildman–Crippen MR) is 101 cm³/mol. The minimum Gasteiger partial charge on any atom is -0.352 e. The first-order valence-electron chi connectivity index (χ1n) is 7.73. The van der Waals surface area contributed by atoms with Gasteiger partial charge < -0.3 is 5.32 Å². The zero-order valence-corrected chi connectivity index (χ0v) is 15.4. The van der Waals surface area contributed by atoms with Crippen LogP contribution in [-0.4, -0.2) is 9.86 Å². The summed E-state index contributed by atoms with van der Waals surface area (Å²) in [4.78, 5) is 24.2. The van der Waals surface area contributed by atoms with Crippen molar-refractivity contribution in [2.24, 2.45) is 0 Å². The van der Waals surface area contributed by atoms with Crippen molar-refractivity contribution >= 4 is 43.5 Å². The lowest BCUT2D eigenvalue weighted by Crippen LogP contribution is -2.23. The third kappa shape index (κ3) is 4.13. The molecule has 0 aliphatic carbocycles. The number of rotatable bonds is 6. The lowest BCUT2D eigenvalue weighted by atomic mass is 10.2. The smallest absolute Gasteiger partial charge is 0.268 e. The summed E-state index contributed by atoms with van der Waals surface area (Å²) in [5.41, 5.74) is 1.09. The normalized spacial score (nSPS) is 10.9. The molecule has 124 valence electrons. The molecule has 0 atom stereocenters. The number of nitrogens with zero attached hydrogens (tertiary/aromatic N) is 1. The van der Waals surface area contributed by atoms with E-state index in [1.807, 2.05) is 48.5 Å². The Morgan fingerprint density at radius 1 is 1.17 bits per heavy atom. The molecule has 1 amide bonds. The average molecular weight is 405 g/mol. The van der Waals surface area contributed by atoms with E-state index in [0.29, 0.717) is 25.9 Å². The highest BCUT2D eigenvalue weighted by Gasteiger charge is 2.07. The molecule has 0 spiro atoms. The standard InChI is InChI=1S/C18H17BrN2O2S/c19-14-6-3-5-13(11-14)12-20-17(22)9-4-10-21-18(23)15-7-1-2-8-16(15)24-21/h1-3,5-8,11H,4,9-10,12H2,(H,20,22). The Kier molecular flexibility index (Phi) is 5.48. The molecule has 0 aliphatic heterocycles. The number of amides is 1. The van der Waals surface area contributed by atoms with Crippen molar-refractivity contribution in [1.82, 2.24) is 9.27 Å². The van der Waals surface area contributed by atoms with E-state index in [0.717, 1.165) is 20.1 Å². The van der Waals surface area contributed by atoms with Crippen LogP contribution in [0.5, 0.6) is 0 Å². The molecule has 2 aromatic carbocycles. The second-order valence-corrected chi connectivity index (χ2v) is 7.48. The maximum absolute atomic E-state index is 12.2. The van der Waals surface area contributed by atoms with Gasteiger partial charge in [0.25, 0.3) is 5.56 Å². The van der Waals surface area contributed by atoms with Crippen molar-refractivity contribution in [2.45, 2.75) is 25.9 Å². The van der Waals surface area contributed by atoms with Crippen molar-refractivity contribution in [3.05, 3.63) is 68.9 Å². The van der Waals surface area contributed by atoms with Crippen molar-refractivity contribution < 1.29 is 4.79 Å². The Labute approximate surface area is 152 Å². The summed E-state index contributed by atoms with van der Waals surface area (Å²) in [6.07, 6.45) is 1.06. The first-order valence-corrected chi connectivity index (χ1v) is 9.30. The van der Waals surface area contributed by atoms with E-state index in [1.165, 1.54) is 11.5 Å². The molecule has 0 bridgehead atoms. The Morgan fingerprint density at radius 2 is 2.00 bits per heavy atom. The van der Waals surface area contributed by atoms with E-state index in [2.05, 4.69) is 21.2 Å². The molecule has 1 N–H and O–H groups in total. The second kappa shape index (κ2) is 7.77. The predicted octanol–water partition coefficient (Wildman–Crippen LogP) is 3.92. The van der Waals surface area contributed by atoms with Gasteiger partial charge in [0.15, 0.2) is 0 Å². The van der Waals surface area contributed by atoms with Crippen LogP contribution in [0, 0.1) is 0 Å². The third-order valence-corrected chi connectivity index (χ3v) is 5.31. The fourth-order valence-corrected chi connectivity index (χ4v) is 3.96. The lowest BCUT2D eigenvalue weighted by Gasteiger charge is -2.06. The van der Waals surface area contributed by atoms with Crippen LogP contribution in [-0.2, 0) is 17.9 Å². The summed E-state index contributed by atoms with van der Waals surface area (Å²) in [7, 11) is 0. The number of nitrogens with one attached hydrogen (secondary N) is 1. The third-order valence-electron chi connectivity index (χ3n) is 3.70. The number of fused-ring (bicyclic) bond motifs is 1. The van der Waals surface area contributed by atoms with Gasteiger partial charge in [0.2, 0.25) is 5.91 Å². The van der Waals surface area contributed by atoms with Gasteiger partial charge in [-0.25, -0.2) is 0 Å². The summed E-state index contributed by atoms with van der Waals surface area (Å²) in [6, 6.07) is 15.4. The molecule has 24 heavy (non-hydrogen) atoms. The van der Waals surface area contributed by atoms with Gasteiger partial charge in [0.1, 0.15) is 0 Å². The Balaban J connectivity index is 1.49. The number of halogens is 1. The molecule has 0 unspecified atom stereocenters. The van der Waals surface area contributed by atoms with Gasteiger partial charge in [-0.05, 0) is 36.2 Å². The monoisotopic (exact) mass is 404 g/mol. The van der Waals surface area contributed by atoms with Crippen molar-refractivity contribution in [3.8, 4) is 0 Å². The molecule has 0 saturated carbocycles. The number of aryl methyl sites for hydroxylation is 1. The van der Waals surface area contributed by atoms with Crippen LogP contribution in [0.1, 0.15) is 18.4 Å². The van der Waals surface area contributed by atoms with Crippen LogP contribution in [0.2, 0.25) is 0 Å². The number of benzene rings is 2. The maximum atomic E-state index is 12.2. The molecule has 1 heterocycles. The molecule has 6 heteroatoms. The van der Waals surface area contributed by atoms with Gasteiger partial charge in [-0.2, -0.15) is 0 Å². The van der Waals surface area contributed by atoms with Crippen LogP contribution >= 0.6 is 27.5 Å². The second-order valence-electron chi connectivity index (χ2n) is 5.50. The van der Waals surface area contributed by atoms with E-state index < -0.39 is 0 Å². The Bertz CT molecular complexity index is 917. The minimum atomic E-state index is 0.00383. The summed E-state index contributed by atoms with van der Waals surface area (Å²) in [5.74, 6) is 0.00383. The fourth-order valence-electron chi connectivity index (χ4n) is 2.48. The van der Waals surface area contributed by atoms with Crippen molar-refractivity contribution in [3.63, 3.8) is 0 Å². The minimum absolute atomic E-state index is 0.00383. The fraction of sp³-hybridized carbons (Fsp3) is 0.222. The first kappa shape index (κ1) is 16.9. The zero-order valence-electron chi connectivity index (χ0n) is 13.0. The quantitative estimate of drug-likeness (QED) is 0.676. The van der Waals surface area contributed by atoms with Gasteiger partial charge >= 0.3 is 0 Å². The van der Waals surface area contributed by atoms with E-state index in [9.17, 15) is 9.59 Å². The van der Waals surface area contributed by atoms with E-state index in [-0.39, 0.29) is 11.5 Å². The Hall–Kier alpha value is -1.92. The molecule has 4 nitrogen and oxygen atoms in total. The highest BCUT2D eigenvalue weighted by molar-refractivity contribution is 9.10. The molecular weight excluding hydrogens is 388 g/mol. The highest BCUT2D eigenvalue weighted by Crippen LogP contribution is 2.16. The maximum Gasteiger partial charge on any atom is 0.268 e. The number of hydrogen-bond donors (Lipinski definition) is 1. The number of aromatic nitrogens is 1. The molecule has 0 fully saturated rings. The number of carbonyl (C=O) groups excluding carboxylic acids is 1. The van der Waals surface area contributed by atoms with Crippen LogP contribution in [0.15, 0.2) is 57.8 Å². The topological polar surface area (TPSA) is 51.1 Å². The number of hydrogen-bond acceptors (Lipinski definition) is 3. The van der Waals surface area contributed by atoms with Gasteiger partial charge in [-0.1, -0.05) is 51.7 Å². The van der Waals surface area contributed by atoms with Crippen LogP contribution in [0.3, 0.4) is 0 Å². The molecule has 3 rings (SSSR count). The summed E-state index contributed by atoms with van der Waals surface area (Å²) >= 11 is 4.87. The molecular formula is C18H17BrN2O2S. The summed E-state index contributed by atoms with van der Waals surface area (Å²) in [5, 5.41) is 3.66. The van der Waals surface area contributed by atoms with E-state index in [4.69, 9.17) is 0 Å². The Morgan fingerprint density at radius 3 is 2.79 bits per heavy atom. The number of carbonyl (C=O) groups is 1. The SMILES string of the molecule is O=C(CCCn1sc2ccccc2c1=O)NCc1cccc(Br)c1.